The summed E-state index contributed by atoms with van der Waals surface area (Å²) in [5, 5.41) is 11.8. The molecular formula is C13H18N2O3. The molecule has 1 aromatic rings. The maximum atomic E-state index is 11.8. The van der Waals surface area contributed by atoms with Gasteiger partial charge in [0.15, 0.2) is 0 Å². The number of hydrogen-bond donors (Lipinski definition) is 2. The lowest BCUT2D eigenvalue weighted by Gasteiger charge is -2.28. The molecule has 0 fully saturated rings. The monoisotopic (exact) mass is 250 g/mol. The summed E-state index contributed by atoms with van der Waals surface area (Å²) in [4.78, 5) is 27.0. The normalized spacial score (nSPS) is 11.0. The molecule has 2 N–H and O–H groups in total. The number of pyridine rings is 1. The first-order valence-electron chi connectivity index (χ1n) is 5.97. The molecule has 0 aliphatic carbocycles. The largest absolute Gasteiger partial charge is 0.480 e. The topological polar surface area (TPSA) is 79.3 Å². The molecule has 1 aromatic heterocycles. The van der Waals surface area contributed by atoms with Crippen molar-refractivity contribution in [3.8, 4) is 0 Å². The second kappa shape index (κ2) is 6.14. The smallest absolute Gasteiger partial charge is 0.329 e. The van der Waals surface area contributed by atoms with E-state index in [1.54, 1.807) is 38.4 Å². The van der Waals surface area contributed by atoms with Gasteiger partial charge < -0.3 is 10.4 Å². The molecule has 0 aliphatic heterocycles. The third-order valence-corrected chi connectivity index (χ3v) is 3.08. The number of nitrogens with one attached hydrogen (secondary N) is 1. The SMILES string of the molecule is CCC(CC)(NC(=O)Cc1cccnc1)C(=O)O. The second-order valence-corrected chi connectivity index (χ2v) is 4.18. The molecule has 0 aliphatic rings. The van der Waals surface area contributed by atoms with Crippen LogP contribution in [0.2, 0.25) is 0 Å². The van der Waals surface area contributed by atoms with Crippen molar-refractivity contribution in [1.29, 1.82) is 0 Å². The van der Waals surface area contributed by atoms with E-state index >= 15 is 0 Å². The fourth-order valence-corrected chi connectivity index (χ4v) is 1.78. The van der Waals surface area contributed by atoms with Crippen molar-refractivity contribution in [3.05, 3.63) is 30.1 Å². The molecule has 0 aromatic carbocycles. The van der Waals surface area contributed by atoms with E-state index in [0.29, 0.717) is 12.8 Å². The summed E-state index contributed by atoms with van der Waals surface area (Å²) in [7, 11) is 0. The number of nitrogens with zero attached hydrogens (tertiary/aromatic N) is 1. The number of rotatable bonds is 6. The van der Waals surface area contributed by atoms with Gasteiger partial charge in [-0.15, -0.1) is 0 Å². The molecule has 1 rings (SSSR count). The lowest BCUT2D eigenvalue weighted by molar-refractivity contribution is -0.148. The maximum Gasteiger partial charge on any atom is 0.329 e. The average molecular weight is 250 g/mol. The van der Waals surface area contributed by atoms with E-state index in [-0.39, 0.29) is 12.3 Å². The number of carbonyl (C=O) groups excluding carboxylic acids is 1. The highest BCUT2D eigenvalue weighted by molar-refractivity contribution is 5.87. The van der Waals surface area contributed by atoms with E-state index in [0.717, 1.165) is 5.56 Å². The third-order valence-electron chi connectivity index (χ3n) is 3.08. The lowest BCUT2D eigenvalue weighted by Crippen LogP contribution is -2.54. The Balaban J connectivity index is 2.71. The minimum Gasteiger partial charge on any atom is -0.480 e. The van der Waals surface area contributed by atoms with Gasteiger partial charge in [0, 0.05) is 12.4 Å². The molecule has 98 valence electrons. The Hall–Kier alpha value is -1.91. The number of hydrogen-bond acceptors (Lipinski definition) is 3. The van der Waals surface area contributed by atoms with Gasteiger partial charge in [-0.05, 0) is 24.5 Å². The van der Waals surface area contributed by atoms with Crippen LogP contribution in [0.15, 0.2) is 24.5 Å². The van der Waals surface area contributed by atoms with Gasteiger partial charge in [0.2, 0.25) is 5.91 Å². The summed E-state index contributed by atoms with van der Waals surface area (Å²) in [6.07, 6.45) is 4.08. The zero-order valence-electron chi connectivity index (χ0n) is 10.6. The second-order valence-electron chi connectivity index (χ2n) is 4.18. The molecule has 0 unspecified atom stereocenters. The Bertz CT molecular complexity index is 414. The van der Waals surface area contributed by atoms with Crippen LogP contribution in [0.1, 0.15) is 32.3 Å². The van der Waals surface area contributed by atoms with Gasteiger partial charge in [-0.3, -0.25) is 9.78 Å². The highest BCUT2D eigenvalue weighted by Gasteiger charge is 2.36. The molecule has 0 bridgehead atoms. The molecule has 0 saturated carbocycles. The summed E-state index contributed by atoms with van der Waals surface area (Å²) in [5.41, 5.74) is -0.402. The highest BCUT2D eigenvalue weighted by Crippen LogP contribution is 2.15. The number of amides is 1. The van der Waals surface area contributed by atoms with Gasteiger partial charge in [-0.2, -0.15) is 0 Å². The van der Waals surface area contributed by atoms with Crippen molar-refractivity contribution in [1.82, 2.24) is 10.3 Å². The number of carboxylic acids is 1. The summed E-state index contributed by atoms with van der Waals surface area (Å²) in [6, 6.07) is 3.53. The van der Waals surface area contributed by atoms with E-state index in [9.17, 15) is 14.7 Å². The molecule has 0 radical (unpaired) electrons. The average Bonchev–Trinajstić information content (AvgIpc) is 2.37. The lowest BCUT2D eigenvalue weighted by atomic mass is 9.92. The van der Waals surface area contributed by atoms with Gasteiger partial charge in [-0.25, -0.2) is 4.79 Å². The zero-order valence-corrected chi connectivity index (χ0v) is 10.6. The van der Waals surface area contributed by atoms with Crippen molar-refractivity contribution in [2.45, 2.75) is 38.6 Å². The van der Waals surface area contributed by atoms with Crippen LogP contribution in [0.25, 0.3) is 0 Å². The summed E-state index contributed by atoms with van der Waals surface area (Å²) in [5.74, 6) is -1.29. The van der Waals surface area contributed by atoms with E-state index < -0.39 is 11.5 Å². The van der Waals surface area contributed by atoms with E-state index in [1.807, 2.05) is 0 Å². The van der Waals surface area contributed by atoms with Gasteiger partial charge in [0.1, 0.15) is 5.54 Å². The molecule has 5 nitrogen and oxygen atoms in total. The number of carbonyl (C=O) groups is 2. The van der Waals surface area contributed by atoms with Crippen LogP contribution in [-0.4, -0.2) is 27.5 Å². The Kier molecular flexibility index (Phi) is 4.83. The van der Waals surface area contributed by atoms with Crippen molar-refractivity contribution in [2.24, 2.45) is 0 Å². The Morgan fingerprint density at radius 1 is 1.39 bits per heavy atom. The Morgan fingerprint density at radius 3 is 2.50 bits per heavy atom. The van der Waals surface area contributed by atoms with Crippen LogP contribution in [-0.2, 0) is 16.0 Å². The van der Waals surface area contributed by atoms with Gasteiger partial charge in [0.25, 0.3) is 0 Å². The van der Waals surface area contributed by atoms with Crippen LogP contribution in [0, 0.1) is 0 Å². The molecule has 0 saturated heterocycles. The molecule has 0 atom stereocenters. The van der Waals surface area contributed by atoms with Crippen LogP contribution >= 0.6 is 0 Å². The molecule has 1 amide bonds. The van der Waals surface area contributed by atoms with E-state index in [4.69, 9.17) is 0 Å². The quantitative estimate of drug-likeness (QED) is 0.799. The Morgan fingerprint density at radius 2 is 2.06 bits per heavy atom. The van der Waals surface area contributed by atoms with Gasteiger partial charge in [-0.1, -0.05) is 19.9 Å². The number of aliphatic carboxylic acids is 1. The van der Waals surface area contributed by atoms with Crippen molar-refractivity contribution >= 4 is 11.9 Å². The molecular weight excluding hydrogens is 232 g/mol. The third kappa shape index (κ3) is 3.29. The van der Waals surface area contributed by atoms with Crippen LogP contribution in [0.4, 0.5) is 0 Å². The first-order chi connectivity index (χ1) is 8.54. The van der Waals surface area contributed by atoms with Crippen LogP contribution in [0.3, 0.4) is 0 Å². The zero-order chi connectivity index (χ0) is 13.6. The molecule has 1 heterocycles. The van der Waals surface area contributed by atoms with Crippen LogP contribution < -0.4 is 5.32 Å². The highest BCUT2D eigenvalue weighted by atomic mass is 16.4. The predicted molar refractivity (Wildman–Crippen MR) is 67.0 cm³/mol. The first-order valence-corrected chi connectivity index (χ1v) is 5.97. The fourth-order valence-electron chi connectivity index (χ4n) is 1.78. The van der Waals surface area contributed by atoms with Crippen molar-refractivity contribution in [2.75, 3.05) is 0 Å². The van der Waals surface area contributed by atoms with Gasteiger partial charge in [0.05, 0.1) is 6.42 Å². The minimum atomic E-state index is -1.17. The van der Waals surface area contributed by atoms with E-state index in [2.05, 4.69) is 10.3 Å². The molecule has 5 heteroatoms. The summed E-state index contributed by atoms with van der Waals surface area (Å²) < 4.78 is 0. The predicted octanol–water partition coefficient (Wildman–Crippen LogP) is 1.38. The molecule has 0 spiro atoms. The maximum absolute atomic E-state index is 11.8. The van der Waals surface area contributed by atoms with Crippen molar-refractivity contribution in [3.63, 3.8) is 0 Å². The standard InChI is InChI=1S/C13H18N2O3/c1-3-13(4-2,12(17)18)15-11(16)8-10-6-5-7-14-9-10/h5-7,9H,3-4,8H2,1-2H3,(H,15,16)(H,17,18). The fraction of sp³-hybridized carbons (Fsp3) is 0.462. The summed E-state index contributed by atoms with van der Waals surface area (Å²) >= 11 is 0. The number of aromatic nitrogens is 1. The van der Waals surface area contributed by atoms with E-state index in [1.165, 1.54) is 0 Å². The minimum absolute atomic E-state index is 0.142. The first kappa shape index (κ1) is 14.2. The van der Waals surface area contributed by atoms with Crippen LogP contribution in [0.5, 0.6) is 0 Å². The van der Waals surface area contributed by atoms with Gasteiger partial charge >= 0.3 is 5.97 Å². The Labute approximate surface area is 106 Å². The van der Waals surface area contributed by atoms with Crippen molar-refractivity contribution < 1.29 is 14.7 Å². The number of carboxylic acid groups (broad SMARTS) is 1. The molecule has 18 heavy (non-hydrogen) atoms. The summed E-state index contributed by atoms with van der Waals surface area (Å²) in [6.45, 7) is 3.50.